The molecule has 180 valence electrons. The van der Waals surface area contributed by atoms with Gasteiger partial charge in [-0.05, 0) is 34.0 Å². The molecule has 3 N–H and O–H groups in total. The van der Waals surface area contributed by atoms with Crippen molar-refractivity contribution in [2.75, 3.05) is 6.54 Å². The molecule has 0 aliphatic carbocycles. The van der Waals surface area contributed by atoms with Gasteiger partial charge in [0.25, 0.3) is 0 Å². The Bertz CT molecular complexity index is 1000. The molecule has 0 aromatic heterocycles. The van der Waals surface area contributed by atoms with Crippen molar-refractivity contribution in [3.05, 3.63) is 71.8 Å². The topological polar surface area (TPSA) is 118 Å². The summed E-state index contributed by atoms with van der Waals surface area (Å²) in [7, 11) is 0. The maximum absolute atomic E-state index is 13.0. The lowest BCUT2D eigenvalue weighted by molar-refractivity contribution is -0.129. The van der Waals surface area contributed by atoms with E-state index in [0.29, 0.717) is 11.0 Å². The third kappa shape index (κ3) is 8.18. The Hall–Kier alpha value is -3.40. The van der Waals surface area contributed by atoms with E-state index in [1.54, 1.807) is 6.92 Å². The molecule has 0 saturated carbocycles. The van der Waals surface area contributed by atoms with Gasteiger partial charge in [-0.1, -0.05) is 65.8 Å². The van der Waals surface area contributed by atoms with E-state index in [-0.39, 0.29) is 31.6 Å². The van der Waals surface area contributed by atoms with Crippen LogP contribution in [0.2, 0.25) is 0 Å². The molecular weight excluding hydrogens is 504 g/mol. The average Bonchev–Trinajstić information content (AvgIpc) is 3.27. The predicted octanol–water partition coefficient (Wildman–Crippen LogP) is 2.64. The summed E-state index contributed by atoms with van der Waals surface area (Å²) in [6.45, 7) is 1.91. The van der Waals surface area contributed by atoms with Gasteiger partial charge in [-0.3, -0.25) is 9.59 Å². The zero-order valence-corrected chi connectivity index (χ0v) is 20.3. The molecular formula is C24H27BrN4O5. The van der Waals surface area contributed by atoms with Crippen molar-refractivity contribution < 1.29 is 24.0 Å². The Morgan fingerprint density at radius 3 is 2.29 bits per heavy atom. The number of amides is 3. The predicted molar refractivity (Wildman–Crippen MR) is 130 cm³/mol. The van der Waals surface area contributed by atoms with Gasteiger partial charge in [0.05, 0.1) is 6.54 Å². The number of carbonyl (C=O) groups is 3. The summed E-state index contributed by atoms with van der Waals surface area (Å²) in [5.41, 5.74) is 1.68. The number of hydrogen-bond acceptors (Lipinski definition) is 6. The molecule has 1 unspecified atom stereocenters. The van der Waals surface area contributed by atoms with Crippen molar-refractivity contribution in [2.24, 2.45) is 5.16 Å². The average molecular weight is 531 g/mol. The summed E-state index contributed by atoms with van der Waals surface area (Å²) in [5.74, 6) is -0.864. The molecule has 3 amide bonds. The van der Waals surface area contributed by atoms with Crippen LogP contribution in [-0.2, 0) is 32.2 Å². The van der Waals surface area contributed by atoms with Crippen LogP contribution in [0.5, 0.6) is 0 Å². The molecule has 2 aromatic carbocycles. The fraction of sp³-hybridized carbons (Fsp3) is 0.333. The lowest BCUT2D eigenvalue weighted by atomic mass is 10.1. The lowest BCUT2D eigenvalue weighted by Gasteiger charge is -2.21. The minimum Gasteiger partial charge on any atom is -0.445 e. The third-order valence-corrected chi connectivity index (χ3v) is 5.53. The fourth-order valence-electron chi connectivity index (χ4n) is 3.22. The van der Waals surface area contributed by atoms with E-state index in [0.717, 1.165) is 11.1 Å². The maximum Gasteiger partial charge on any atom is 0.408 e. The summed E-state index contributed by atoms with van der Waals surface area (Å²) >= 11 is 3.24. The van der Waals surface area contributed by atoms with Crippen LogP contribution in [-0.4, -0.2) is 47.3 Å². The highest BCUT2D eigenvalue weighted by Gasteiger charge is 2.26. The molecule has 3 atom stereocenters. The fourth-order valence-corrected chi connectivity index (χ4v) is 3.66. The normalized spacial score (nSPS) is 16.4. The van der Waals surface area contributed by atoms with Crippen molar-refractivity contribution >= 4 is 38.5 Å². The second kappa shape index (κ2) is 12.7. The molecule has 9 nitrogen and oxygen atoms in total. The van der Waals surface area contributed by atoms with Crippen LogP contribution >= 0.6 is 15.9 Å². The third-order valence-electron chi connectivity index (χ3n) is 5.06. The second-order valence-corrected chi connectivity index (χ2v) is 8.74. The lowest BCUT2D eigenvalue weighted by Crippen LogP contribution is -2.54. The SMILES string of the molecule is C[C@H](NC(=O)[C@H](Cc1ccccc1)NC(=O)OCc1ccccc1)C(=O)NCC1CC(Br)=NO1. The van der Waals surface area contributed by atoms with Gasteiger partial charge in [0.1, 0.15) is 23.3 Å². The molecule has 0 fully saturated rings. The summed E-state index contributed by atoms with van der Waals surface area (Å²) in [6.07, 6.45) is -0.174. The number of carbonyl (C=O) groups excluding carboxylic acids is 3. The Kier molecular flexibility index (Phi) is 9.45. The molecule has 3 rings (SSSR count). The van der Waals surface area contributed by atoms with Gasteiger partial charge in [0.15, 0.2) is 6.10 Å². The molecule has 1 aliphatic heterocycles. The van der Waals surface area contributed by atoms with Crippen molar-refractivity contribution in [2.45, 2.75) is 44.6 Å². The first kappa shape index (κ1) is 25.2. The summed E-state index contributed by atoms with van der Waals surface area (Å²) in [4.78, 5) is 43.0. The number of alkyl carbamates (subject to hydrolysis) is 1. The van der Waals surface area contributed by atoms with Crippen LogP contribution < -0.4 is 16.0 Å². The Balaban J connectivity index is 1.54. The number of rotatable bonds is 10. The van der Waals surface area contributed by atoms with E-state index in [1.165, 1.54) is 0 Å². The number of nitrogens with zero attached hydrogens (tertiary/aromatic N) is 1. The second-order valence-electron chi connectivity index (χ2n) is 7.82. The Labute approximate surface area is 206 Å². The molecule has 1 heterocycles. The number of ether oxygens (including phenoxy) is 1. The van der Waals surface area contributed by atoms with E-state index in [1.807, 2.05) is 60.7 Å². The van der Waals surface area contributed by atoms with E-state index in [4.69, 9.17) is 9.57 Å². The van der Waals surface area contributed by atoms with Gasteiger partial charge in [0.2, 0.25) is 11.8 Å². The van der Waals surface area contributed by atoms with Crippen LogP contribution in [0.25, 0.3) is 0 Å². The quantitative estimate of drug-likeness (QED) is 0.436. The van der Waals surface area contributed by atoms with E-state index in [9.17, 15) is 14.4 Å². The van der Waals surface area contributed by atoms with E-state index < -0.39 is 24.1 Å². The van der Waals surface area contributed by atoms with Crippen LogP contribution in [0, 0.1) is 0 Å². The van der Waals surface area contributed by atoms with E-state index in [2.05, 4.69) is 37.0 Å². The minimum absolute atomic E-state index is 0.0776. The minimum atomic E-state index is -0.927. The molecule has 0 saturated heterocycles. The highest BCUT2D eigenvalue weighted by Crippen LogP contribution is 2.13. The number of nitrogens with one attached hydrogen (secondary N) is 3. The molecule has 0 bridgehead atoms. The molecule has 34 heavy (non-hydrogen) atoms. The first-order valence-electron chi connectivity index (χ1n) is 10.9. The van der Waals surface area contributed by atoms with Crippen LogP contribution in [0.1, 0.15) is 24.5 Å². The van der Waals surface area contributed by atoms with Gasteiger partial charge >= 0.3 is 6.09 Å². The van der Waals surface area contributed by atoms with Gasteiger partial charge in [-0.2, -0.15) is 0 Å². The summed E-state index contributed by atoms with van der Waals surface area (Å²) < 4.78 is 5.95. The number of benzene rings is 2. The largest absolute Gasteiger partial charge is 0.445 e. The smallest absolute Gasteiger partial charge is 0.408 e. The number of hydrogen-bond donors (Lipinski definition) is 3. The zero-order chi connectivity index (χ0) is 24.3. The van der Waals surface area contributed by atoms with Gasteiger partial charge in [-0.15, -0.1) is 0 Å². The number of oxime groups is 1. The first-order chi connectivity index (χ1) is 16.4. The van der Waals surface area contributed by atoms with Crippen molar-refractivity contribution in [3.63, 3.8) is 0 Å². The van der Waals surface area contributed by atoms with Crippen molar-refractivity contribution in [1.29, 1.82) is 0 Å². The van der Waals surface area contributed by atoms with Crippen LogP contribution in [0.3, 0.4) is 0 Å². The monoisotopic (exact) mass is 530 g/mol. The zero-order valence-electron chi connectivity index (χ0n) is 18.7. The standard InChI is InChI=1S/C24H27BrN4O5/c1-16(22(30)26-14-19-13-21(25)29-34-19)27-23(31)20(12-17-8-4-2-5-9-17)28-24(32)33-15-18-10-6-3-7-11-18/h2-11,16,19-20H,12-15H2,1H3,(H,26,30)(H,27,31)(H,28,32)/t16-,19?,20-/m0/s1. The molecule has 10 heteroatoms. The molecule has 0 radical (unpaired) electrons. The Morgan fingerprint density at radius 2 is 1.68 bits per heavy atom. The van der Waals surface area contributed by atoms with E-state index >= 15 is 0 Å². The Morgan fingerprint density at radius 1 is 1.03 bits per heavy atom. The van der Waals surface area contributed by atoms with Gasteiger partial charge in [0, 0.05) is 12.8 Å². The molecule has 1 aliphatic rings. The summed E-state index contributed by atoms with van der Waals surface area (Å²) in [5, 5.41) is 11.8. The molecule has 0 spiro atoms. The van der Waals surface area contributed by atoms with Crippen LogP contribution in [0.15, 0.2) is 65.8 Å². The van der Waals surface area contributed by atoms with Crippen molar-refractivity contribution in [1.82, 2.24) is 16.0 Å². The highest BCUT2D eigenvalue weighted by atomic mass is 79.9. The number of halogens is 1. The van der Waals surface area contributed by atoms with Gasteiger partial charge in [-0.25, -0.2) is 4.79 Å². The summed E-state index contributed by atoms with van der Waals surface area (Å²) in [6, 6.07) is 16.8. The highest BCUT2D eigenvalue weighted by molar-refractivity contribution is 9.18. The first-order valence-corrected chi connectivity index (χ1v) is 11.7. The van der Waals surface area contributed by atoms with Gasteiger partial charge < -0.3 is 25.5 Å². The maximum atomic E-state index is 13.0. The molecule has 2 aromatic rings. The van der Waals surface area contributed by atoms with Crippen molar-refractivity contribution in [3.8, 4) is 0 Å². The van der Waals surface area contributed by atoms with Crippen LogP contribution in [0.4, 0.5) is 4.79 Å².